The summed E-state index contributed by atoms with van der Waals surface area (Å²) in [4.78, 5) is 25.9. The molecule has 29 heavy (non-hydrogen) atoms. The van der Waals surface area contributed by atoms with Gasteiger partial charge >= 0.3 is 12.1 Å². The maximum absolute atomic E-state index is 12.8. The highest BCUT2D eigenvalue weighted by molar-refractivity contribution is 5.89. The summed E-state index contributed by atoms with van der Waals surface area (Å²) in [6.07, 6.45) is 3.81. The van der Waals surface area contributed by atoms with Crippen LogP contribution in [0.2, 0.25) is 0 Å². The topological polar surface area (TPSA) is 66.8 Å². The second kappa shape index (κ2) is 8.68. The summed E-state index contributed by atoms with van der Waals surface area (Å²) in [5, 5.41) is 9.21. The predicted molar refractivity (Wildman–Crippen MR) is 113 cm³/mol. The monoisotopic (exact) mass is 395 g/mol. The molecule has 3 rings (SSSR count). The number of likely N-dealkylation sites (tertiary alicyclic amines) is 1. The van der Waals surface area contributed by atoms with Gasteiger partial charge < -0.3 is 14.7 Å². The van der Waals surface area contributed by atoms with Gasteiger partial charge in [0.2, 0.25) is 0 Å². The van der Waals surface area contributed by atoms with Crippen LogP contribution >= 0.6 is 0 Å². The first kappa shape index (κ1) is 20.9. The SMILES string of the molecule is CC(C)(C)OC(=O)N1CCCCC[C@@H]1c1ccc(-c2cccc(C(=O)O)c2)cc1. The lowest BCUT2D eigenvalue weighted by Gasteiger charge is -2.32. The number of carboxylic acids is 1. The van der Waals surface area contributed by atoms with Crippen LogP contribution in [0.1, 0.15) is 68.4 Å². The second-order valence-electron chi connectivity index (χ2n) is 8.55. The van der Waals surface area contributed by atoms with E-state index in [1.54, 1.807) is 18.2 Å². The van der Waals surface area contributed by atoms with Gasteiger partial charge in [-0.3, -0.25) is 0 Å². The smallest absolute Gasteiger partial charge is 0.410 e. The Morgan fingerprint density at radius 3 is 2.38 bits per heavy atom. The Morgan fingerprint density at radius 2 is 1.72 bits per heavy atom. The summed E-state index contributed by atoms with van der Waals surface area (Å²) >= 11 is 0. The Morgan fingerprint density at radius 1 is 1.00 bits per heavy atom. The molecule has 0 spiro atoms. The Bertz CT molecular complexity index is 867. The Hall–Kier alpha value is -2.82. The van der Waals surface area contributed by atoms with Crippen molar-refractivity contribution >= 4 is 12.1 Å². The zero-order chi connectivity index (χ0) is 21.0. The van der Waals surface area contributed by atoms with Crippen LogP contribution in [-0.2, 0) is 4.74 Å². The van der Waals surface area contributed by atoms with Crippen molar-refractivity contribution in [2.45, 2.75) is 58.1 Å². The van der Waals surface area contributed by atoms with Gasteiger partial charge in [0.1, 0.15) is 5.60 Å². The van der Waals surface area contributed by atoms with Gasteiger partial charge in [0, 0.05) is 6.54 Å². The van der Waals surface area contributed by atoms with Crippen molar-refractivity contribution in [3.63, 3.8) is 0 Å². The van der Waals surface area contributed by atoms with Crippen LogP contribution in [0.5, 0.6) is 0 Å². The van der Waals surface area contributed by atoms with Crippen LogP contribution in [0.25, 0.3) is 11.1 Å². The van der Waals surface area contributed by atoms with Gasteiger partial charge in [0.05, 0.1) is 11.6 Å². The highest BCUT2D eigenvalue weighted by Gasteiger charge is 2.30. The van der Waals surface area contributed by atoms with E-state index in [0.717, 1.165) is 42.4 Å². The Labute approximate surface area is 172 Å². The highest BCUT2D eigenvalue weighted by atomic mass is 16.6. The quantitative estimate of drug-likeness (QED) is 0.702. The molecule has 5 heteroatoms. The molecule has 0 bridgehead atoms. The first-order valence-electron chi connectivity index (χ1n) is 10.2. The summed E-state index contributed by atoms with van der Waals surface area (Å²) < 4.78 is 5.64. The van der Waals surface area contributed by atoms with Gasteiger partial charge in [-0.05, 0) is 62.4 Å². The number of nitrogens with zero attached hydrogens (tertiary/aromatic N) is 1. The molecule has 1 aliphatic heterocycles. The minimum absolute atomic E-state index is 0.00764. The molecule has 2 aromatic carbocycles. The van der Waals surface area contributed by atoms with Crippen molar-refractivity contribution in [2.75, 3.05) is 6.54 Å². The van der Waals surface area contributed by atoms with E-state index in [0.29, 0.717) is 6.54 Å². The first-order valence-corrected chi connectivity index (χ1v) is 10.2. The van der Waals surface area contributed by atoms with Crippen molar-refractivity contribution in [3.05, 3.63) is 59.7 Å². The molecule has 2 aromatic rings. The zero-order valence-electron chi connectivity index (χ0n) is 17.4. The van der Waals surface area contributed by atoms with Gasteiger partial charge in [-0.2, -0.15) is 0 Å². The van der Waals surface area contributed by atoms with Crippen LogP contribution in [0.3, 0.4) is 0 Å². The average molecular weight is 395 g/mol. The summed E-state index contributed by atoms with van der Waals surface area (Å²) in [5.41, 5.74) is 2.64. The normalized spacial score (nSPS) is 17.5. The van der Waals surface area contributed by atoms with Gasteiger partial charge in [0.15, 0.2) is 0 Å². The molecule has 0 aliphatic carbocycles. The van der Waals surface area contributed by atoms with Crippen LogP contribution in [0.15, 0.2) is 48.5 Å². The van der Waals surface area contributed by atoms with E-state index in [9.17, 15) is 14.7 Å². The lowest BCUT2D eigenvalue weighted by atomic mass is 9.97. The molecule has 1 heterocycles. The second-order valence-corrected chi connectivity index (χ2v) is 8.55. The molecule has 1 aliphatic rings. The van der Waals surface area contributed by atoms with Crippen LogP contribution in [-0.4, -0.2) is 34.2 Å². The third kappa shape index (κ3) is 5.37. The number of aromatic carboxylic acids is 1. The summed E-state index contributed by atoms with van der Waals surface area (Å²) in [5.74, 6) is -0.935. The lowest BCUT2D eigenvalue weighted by molar-refractivity contribution is 0.0163. The van der Waals surface area contributed by atoms with Gasteiger partial charge in [-0.25, -0.2) is 9.59 Å². The molecule has 0 radical (unpaired) electrons. The molecule has 1 amide bonds. The van der Waals surface area contributed by atoms with Gasteiger partial charge in [0.25, 0.3) is 0 Å². The molecular formula is C24H29NO4. The van der Waals surface area contributed by atoms with Crippen molar-refractivity contribution in [3.8, 4) is 11.1 Å². The van der Waals surface area contributed by atoms with Crippen molar-refractivity contribution in [1.29, 1.82) is 0 Å². The molecule has 1 fully saturated rings. The van der Waals surface area contributed by atoms with Crippen LogP contribution in [0.4, 0.5) is 4.79 Å². The Balaban J connectivity index is 1.85. The highest BCUT2D eigenvalue weighted by Crippen LogP contribution is 2.33. The van der Waals surface area contributed by atoms with Crippen LogP contribution < -0.4 is 0 Å². The number of benzene rings is 2. The van der Waals surface area contributed by atoms with E-state index in [1.165, 1.54) is 0 Å². The molecule has 154 valence electrons. The molecule has 5 nitrogen and oxygen atoms in total. The number of carbonyl (C=O) groups excluding carboxylic acids is 1. The third-order valence-electron chi connectivity index (χ3n) is 5.12. The standard InChI is InChI=1S/C24H29NO4/c1-24(2,3)29-23(28)25-15-6-4-5-10-21(25)18-13-11-17(12-14-18)19-8-7-9-20(16-19)22(26)27/h7-9,11-14,16,21H,4-6,10,15H2,1-3H3,(H,26,27)/t21-/m1/s1. The van der Waals surface area contributed by atoms with Crippen LogP contribution in [0, 0.1) is 0 Å². The largest absolute Gasteiger partial charge is 0.478 e. The van der Waals surface area contributed by atoms with E-state index in [1.807, 2.05) is 56.0 Å². The van der Waals surface area contributed by atoms with E-state index in [2.05, 4.69) is 0 Å². The van der Waals surface area contributed by atoms with Gasteiger partial charge in [-0.1, -0.05) is 49.2 Å². The average Bonchev–Trinajstić information content (AvgIpc) is 2.93. The zero-order valence-corrected chi connectivity index (χ0v) is 17.4. The van der Waals surface area contributed by atoms with Crippen molar-refractivity contribution in [2.24, 2.45) is 0 Å². The van der Waals surface area contributed by atoms with E-state index in [4.69, 9.17) is 4.74 Å². The maximum Gasteiger partial charge on any atom is 0.410 e. The van der Waals surface area contributed by atoms with E-state index < -0.39 is 11.6 Å². The fourth-order valence-electron chi connectivity index (χ4n) is 3.72. The maximum atomic E-state index is 12.8. The molecular weight excluding hydrogens is 366 g/mol. The number of hydrogen-bond acceptors (Lipinski definition) is 3. The third-order valence-corrected chi connectivity index (χ3v) is 5.12. The number of carboxylic acid groups (broad SMARTS) is 1. The minimum Gasteiger partial charge on any atom is -0.478 e. The molecule has 0 aromatic heterocycles. The number of rotatable bonds is 3. The lowest BCUT2D eigenvalue weighted by Crippen LogP contribution is -2.39. The molecule has 0 saturated carbocycles. The van der Waals surface area contributed by atoms with E-state index in [-0.39, 0.29) is 17.7 Å². The molecule has 0 unspecified atom stereocenters. The number of carbonyl (C=O) groups is 2. The summed E-state index contributed by atoms with van der Waals surface area (Å²) in [7, 11) is 0. The number of hydrogen-bond donors (Lipinski definition) is 1. The molecule has 1 saturated heterocycles. The number of ether oxygens (including phenoxy) is 1. The van der Waals surface area contributed by atoms with Gasteiger partial charge in [-0.15, -0.1) is 0 Å². The first-order chi connectivity index (χ1) is 13.7. The Kier molecular flexibility index (Phi) is 6.26. The fraction of sp³-hybridized carbons (Fsp3) is 0.417. The molecule has 1 atom stereocenters. The van der Waals surface area contributed by atoms with Crippen molar-refractivity contribution < 1.29 is 19.4 Å². The number of amides is 1. The minimum atomic E-state index is -0.935. The summed E-state index contributed by atoms with van der Waals surface area (Å²) in [6.45, 7) is 6.36. The predicted octanol–water partition coefficient (Wildman–Crippen LogP) is 5.90. The van der Waals surface area contributed by atoms with Crippen molar-refractivity contribution in [1.82, 2.24) is 4.90 Å². The fourth-order valence-corrected chi connectivity index (χ4v) is 3.72. The summed E-state index contributed by atoms with van der Waals surface area (Å²) in [6, 6.07) is 15.0. The van der Waals surface area contributed by atoms with E-state index >= 15 is 0 Å². The molecule has 1 N–H and O–H groups in total.